The average Bonchev–Trinajstić information content (AvgIpc) is 3.14. The largest absolute Gasteiger partial charge is 0.371 e. The number of aryl methyl sites for hydroxylation is 3. The van der Waals surface area contributed by atoms with Crippen molar-refractivity contribution in [2.45, 2.75) is 26.5 Å². The Bertz CT molecular complexity index is 707. The van der Waals surface area contributed by atoms with Crippen molar-refractivity contribution in [3.8, 4) is 0 Å². The molecular weight excluding hydrogens is 308 g/mol. The highest BCUT2D eigenvalue weighted by atomic mass is 16.5. The first-order valence-corrected chi connectivity index (χ1v) is 8.22. The minimum atomic E-state index is -0.0390. The van der Waals surface area contributed by atoms with Gasteiger partial charge in [-0.3, -0.25) is 19.1 Å². The number of carbonyl (C=O) groups is 1. The molecular formula is C16H24N6O2. The first-order chi connectivity index (χ1) is 11.5. The molecule has 0 radical (unpaired) electrons. The van der Waals surface area contributed by atoms with Gasteiger partial charge in [-0.1, -0.05) is 0 Å². The SMILES string of the molecule is CCn1cc(C2CN(CC(=O)Nc3cc(C)nn3C)CCO2)cn1. The molecule has 0 bridgehead atoms. The third-order valence-electron chi connectivity index (χ3n) is 4.14. The van der Waals surface area contributed by atoms with Crippen molar-refractivity contribution in [2.24, 2.45) is 7.05 Å². The number of nitrogens with zero attached hydrogens (tertiary/aromatic N) is 5. The topological polar surface area (TPSA) is 77.2 Å². The first kappa shape index (κ1) is 16.7. The van der Waals surface area contributed by atoms with Gasteiger partial charge in [-0.2, -0.15) is 10.2 Å². The van der Waals surface area contributed by atoms with E-state index < -0.39 is 0 Å². The van der Waals surface area contributed by atoms with Crippen molar-refractivity contribution >= 4 is 11.7 Å². The van der Waals surface area contributed by atoms with Gasteiger partial charge in [0.2, 0.25) is 5.91 Å². The van der Waals surface area contributed by atoms with Gasteiger partial charge in [0.25, 0.3) is 0 Å². The van der Waals surface area contributed by atoms with Gasteiger partial charge in [0.15, 0.2) is 0 Å². The zero-order chi connectivity index (χ0) is 17.1. The molecule has 1 saturated heterocycles. The van der Waals surface area contributed by atoms with E-state index in [-0.39, 0.29) is 12.0 Å². The van der Waals surface area contributed by atoms with Gasteiger partial charge in [0, 0.05) is 44.5 Å². The van der Waals surface area contributed by atoms with Crippen molar-refractivity contribution in [2.75, 3.05) is 31.6 Å². The zero-order valence-electron chi connectivity index (χ0n) is 14.4. The van der Waals surface area contributed by atoms with Crippen molar-refractivity contribution < 1.29 is 9.53 Å². The fourth-order valence-electron chi connectivity index (χ4n) is 2.88. The number of rotatable bonds is 5. The van der Waals surface area contributed by atoms with Gasteiger partial charge >= 0.3 is 0 Å². The highest BCUT2D eigenvalue weighted by Gasteiger charge is 2.24. The minimum absolute atomic E-state index is 0.0363. The van der Waals surface area contributed by atoms with Crippen LogP contribution in [0.1, 0.15) is 24.3 Å². The van der Waals surface area contributed by atoms with E-state index in [9.17, 15) is 4.79 Å². The molecule has 1 atom stereocenters. The van der Waals surface area contributed by atoms with Gasteiger partial charge in [-0.25, -0.2) is 0 Å². The number of anilines is 1. The molecule has 1 amide bonds. The number of hydrogen-bond acceptors (Lipinski definition) is 5. The smallest absolute Gasteiger partial charge is 0.239 e. The van der Waals surface area contributed by atoms with E-state index in [1.165, 1.54) is 0 Å². The van der Waals surface area contributed by atoms with Crippen LogP contribution in [0.2, 0.25) is 0 Å². The van der Waals surface area contributed by atoms with E-state index in [4.69, 9.17) is 4.74 Å². The summed E-state index contributed by atoms with van der Waals surface area (Å²) in [5.74, 6) is 0.675. The van der Waals surface area contributed by atoms with Crippen LogP contribution in [0.3, 0.4) is 0 Å². The molecule has 8 nitrogen and oxygen atoms in total. The number of amides is 1. The molecule has 24 heavy (non-hydrogen) atoms. The Kier molecular flexibility index (Phi) is 4.96. The lowest BCUT2D eigenvalue weighted by Gasteiger charge is -2.31. The van der Waals surface area contributed by atoms with Crippen molar-refractivity contribution in [1.82, 2.24) is 24.5 Å². The summed E-state index contributed by atoms with van der Waals surface area (Å²) in [5, 5.41) is 11.4. The second-order valence-corrected chi connectivity index (χ2v) is 6.07. The maximum absolute atomic E-state index is 12.3. The van der Waals surface area contributed by atoms with E-state index in [0.29, 0.717) is 25.5 Å². The Balaban J connectivity index is 1.56. The van der Waals surface area contributed by atoms with Gasteiger partial charge in [-0.15, -0.1) is 0 Å². The van der Waals surface area contributed by atoms with Crippen molar-refractivity contribution in [1.29, 1.82) is 0 Å². The molecule has 130 valence electrons. The fourth-order valence-corrected chi connectivity index (χ4v) is 2.88. The summed E-state index contributed by atoms with van der Waals surface area (Å²) in [6.07, 6.45) is 3.81. The van der Waals surface area contributed by atoms with E-state index in [2.05, 4.69) is 27.3 Å². The maximum atomic E-state index is 12.3. The quantitative estimate of drug-likeness (QED) is 0.882. The first-order valence-electron chi connectivity index (χ1n) is 8.22. The van der Waals surface area contributed by atoms with Crippen LogP contribution in [-0.4, -0.2) is 56.6 Å². The van der Waals surface area contributed by atoms with Crippen LogP contribution in [0.25, 0.3) is 0 Å². The van der Waals surface area contributed by atoms with Crippen LogP contribution in [0.4, 0.5) is 5.82 Å². The molecule has 0 aromatic carbocycles. The number of carbonyl (C=O) groups excluding carboxylic acids is 1. The molecule has 1 unspecified atom stereocenters. The van der Waals surface area contributed by atoms with Gasteiger partial charge < -0.3 is 10.1 Å². The van der Waals surface area contributed by atoms with Gasteiger partial charge in [0.05, 0.1) is 31.1 Å². The molecule has 1 aliphatic rings. The molecule has 3 heterocycles. The maximum Gasteiger partial charge on any atom is 0.239 e. The molecule has 1 fully saturated rings. The molecule has 0 spiro atoms. The third kappa shape index (κ3) is 3.82. The molecule has 2 aromatic rings. The number of aromatic nitrogens is 4. The lowest BCUT2D eigenvalue weighted by molar-refractivity contribution is -0.119. The van der Waals surface area contributed by atoms with Gasteiger partial charge in [0.1, 0.15) is 5.82 Å². The number of nitrogens with one attached hydrogen (secondary N) is 1. The Hall–Kier alpha value is -2.19. The molecule has 2 aromatic heterocycles. The summed E-state index contributed by atoms with van der Waals surface area (Å²) >= 11 is 0. The molecule has 0 aliphatic carbocycles. The van der Waals surface area contributed by atoms with E-state index in [0.717, 1.165) is 24.3 Å². The van der Waals surface area contributed by atoms with Crippen molar-refractivity contribution in [3.63, 3.8) is 0 Å². The minimum Gasteiger partial charge on any atom is -0.371 e. The highest BCUT2D eigenvalue weighted by Crippen LogP contribution is 2.21. The number of ether oxygens (including phenoxy) is 1. The summed E-state index contributed by atoms with van der Waals surface area (Å²) in [6, 6.07) is 1.86. The Morgan fingerprint density at radius 2 is 2.33 bits per heavy atom. The van der Waals surface area contributed by atoms with Crippen LogP contribution in [-0.2, 0) is 23.1 Å². The molecule has 3 rings (SSSR count). The van der Waals surface area contributed by atoms with E-state index in [1.54, 1.807) is 4.68 Å². The summed E-state index contributed by atoms with van der Waals surface area (Å²) in [4.78, 5) is 14.4. The monoisotopic (exact) mass is 332 g/mol. The highest BCUT2D eigenvalue weighted by molar-refractivity contribution is 5.91. The average molecular weight is 332 g/mol. The summed E-state index contributed by atoms with van der Waals surface area (Å²) in [5.41, 5.74) is 1.94. The summed E-state index contributed by atoms with van der Waals surface area (Å²) in [6.45, 7) is 7.17. The predicted molar refractivity (Wildman–Crippen MR) is 89.6 cm³/mol. The fraction of sp³-hybridized carbons (Fsp3) is 0.562. The zero-order valence-corrected chi connectivity index (χ0v) is 14.4. The molecule has 0 saturated carbocycles. The summed E-state index contributed by atoms with van der Waals surface area (Å²) < 4.78 is 9.39. The Morgan fingerprint density at radius 3 is 3.00 bits per heavy atom. The van der Waals surface area contributed by atoms with Crippen LogP contribution in [0, 0.1) is 6.92 Å². The third-order valence-corrected chi connectivity index (χ3v) is 4.14. The second kappa shape index (κ2) is 7.14. The van der Waals surface area contributed by atoms with Crippen LogP contribution < -0.4 is 5.32 Å². The Morgan fingerprint density at radius 1 is 1.50 bits per heavy atom. The van der Waals surface area contributed by atoms with Crippen LogP contribution in [0.5, 0.6) is 0 Å². The van der Waals surface area contributed by atoms with Crippen LogP contribution >= 0.6 is 0 Å². The summed E-state index contributed by atoms with van der Waals surface area (Å²) in [7, 11) is 1.82. The van der Waals surface area contributed by atoms with E-state index in [1.807, 2.05) is 37.1 Å². The Labute approximate surface area is 141 Å². The number of morpholine rings is 1. The predicted octanol–water partition coefficient (Wildman–Crippen LogP) is 0.957. The van der Waals surface area contributed by atoms with Gasteiger partial charge in [-0.05, 0) is 13.8 Å². The van der Waals surface area contributed by atoms with Crippen LogP contribution in [0.15, 0.2) is 18.5 Å². The second-order valence-electron chi connectivity index (χ2n) is 6.07. The standard InChI is InChI=1S/C16H24N6O2/c1-4-22-9-13(8-17-22)14-10-21(5-6-24-14)11-16(23)18-15-7-12(2)19-20(15)3/h7-9,14H,4-6,10-11H2,1-3H3,(H,18,23). The number of hydrogen-bond donors (Lipinski definition) is 1. The lowest BCUT2D eigenvalue weighted by Crippen LogP contribution is -2.42. The molecule has 1 N–H and O–H groups in total. The molecule has 1 aliphatic heterocycles. The van der Waals surface area contributed by atoms with E-state index >= 15 is 0 Å². The van der Waals surface area contributed by atoms with Crippen molar-refractivity contribution in [3.05, 3.63) is 29.7 Å². The lowest BCUT2D eigenvalue weighted by atomic mass is 10.1. The normalized spacial score (nSPS) is 18.7. The molecule has 8 heteroatoms.